The fourth-order valence-corrected chi connectivity index (χ4v) is 5.81. The zero-order chi connectivity index (χ0) is 23.8. The molecule has 1 amide bonds. The van der Waals surface area contributed by atoms with Crippen molar-refractivity contribution in [2.45, 2.75) is 63.7 Å². The molecule has 8 heteroatoms. The average molecular weight is 476 g/mol. The van der Waals surface area contributed by atoms with Crippen molar-refractivity contribution in [2.24, 2.45) is 0 Å². The Kier molecular flexibility index (Phi) is 6.16. The number of para-hydroxylation sites is 1. The number of rotatable bonds is 5. The predicted molar refractivity (Wildman–Crippen MR) is 136 cm³/mol. The molecule has 1 aliphatic heterocycles. The molecule has 4 aromatic rings. The second kappa shape index (κ2) is 9.25. The summed E-state index contributed by atoms with van der Waals surface area (Å²) in [6, 6.07) is 15.9. The van der Waals surface area contributed by atoms with Crippen LogP contribution in [-0.4, -0.2) is 47.8 Å². The van der Waals surface area contributed by atoms with Gasteiger partial charge in [-0.25, -0.2) is 4.57 Å². The molecule has 0 spiro atoms. The number of fused-ring (bicyclic) bond motifs is 3. The first-order valence-corrected chi connectivity index (χ1v) is 12.9. The molecule has 0 saturated carbocycles. The van der Waals surface area contributed by atoms with Crippen LogP contribution >= 0.6 is 11.8 Å². The number of aromatic nitrogens is 4. The summed E-state index contributed by atoms with van der Waals surface area (Å²) in [6.07, 6.45) is 4.18. The van der Waals surface area contributed by atoms with Crippen molar-refractivity contribution in [3.63, 3.8) is 0 Å². The van der Waals surface area contributed by atoms with Crippen LogP contribution in [0, 0.1) is 0 Å². The van der Waals surface area contributed by atoms with Gasteiger partial charge in [0.15, 0.2) is 5.16 Å². The van der Waals surface area contributed by atoms with Crippen LogP contribution in [0.1, 0.15) is 45.6 Å². The van der Waals surface area contributed by atoms with E-state index in [4.69, 9.17) is 0 Å². The van der Waals surface area contributed by atoms with Crippen molar-refractivity contribution in [2.75, 3.05) is 5.75 Å². The summed E-state index contributed by atoms with van der Waals surface area (Å²) in [7, 11) is 0. The Hall–Kier alpha value is -3.13. The van der Waals surface area contributed by atoms with Gasteiger partial charge in [-0.2, -0.15) is 0 Å². The van der Waals surface area contributed by atoms with E-state index in [1.54, 1.807) is 4.57 Å². The minimum atomic E-state index is -0.136. The lowest BCUT2D eigenvalue weighted by atomic mass is 9.98. The van der Waals surface area contributed by atoms with Crippen molar-refractivity contribution < 1.29 is 4.79 Å². The first kappa shape index (κ1) is 22.7. The summed E-state index contributed by atoms with van der Waals surface area (Å²) in [5.74, 6) is 0.852. The van der Waals surface area contributed by atoms with Gasteiger partial charge >= 0.3 is 0 Å². The minimum absolute atomic E-state index is 0.120. The van der Waals surface area contributed by atoms with Crippen LogP contribution in [0.2, 0.25) is 0 Å². The molecule has 5 rings (SSSR count). The number of nitrogens with zero attached hydrogens (tertiary/aromatic N) is 5. The number of piperidine rings is 1. The van der Waals surface area contributed by atoms with Gasteiger partial charge in [-0.3, -0.25) is 14.0 Å². The number of benzene rings is 2. The van der Waals surface area contributed by atoms with Crippen molar-refractivity contribution >= 4 is 34.3 Å². The first-order chi connectivity index (χ1) is 16.5. The largest absolute Gasteiger partial charge is 0.337 e. The second-order valence-corrected chi connectivity index (χ2v) is 9.96. The Morgan fingerprint density at radius 1 is 1.03 bits per heavy atom. The number of aryl methyl sites for hydroxylation is 1. The third kappa shape index (κ3) is 3.90. The number of carbonyl (C=O) groups is 1. The van der Waals surface area contributed by atoms with Gasteiger partial charge in [0.1, 0.15) is 0 Å². The normalized spacial score (nSPS) is 18.6. The SMILES string of the molecule is CCc1ccc(-n2c(=O)c3ccccc3n3c(SCC(=O)N4C(C)CCCC4C)nnc23)cc1. The topological polar surface area (TPSA) is 72.5 Å². The first-order valence-electron chi connectivity index (χ1n) is 11.9. The number of amides is 1. The summed E-state index contributed by atoms with van der Waals surface area (Å²) in [6.45, 7) is 6.35. The Morgan fingerprint density at radius 2 is 1.74 bits per heavy atom. The van der Waals surface area contributed by atoms with E-state index in [0.717, 1.165) is 36.9 Å². The van der Waals surface area contributed by atoms with Gasteiger partial charge < -0.3 is 4.90 Å². The molecule has 0 bridgehead atoms. The Bertz CT molecular complexity index is 1400. The number of thioether (sulfide) groups is 1. The fraction of sp³-hybridized carbons (Fsp3) is 0.385. The predicted octanol–water partition coefficient (Wildman–Crippen LogP) is 4.48. The molecule has 34 heavy (non-hydrogen) atoms. The second-order valence-electron chi connectivity index (χ2n) is 9.01. The van der Waals surface area contributed by atoms with Gasteiger partial charge in [0.25, 0.3) is 5.56 Å². The monoisotopic (exact) mass is 475 g/mol. The lowest BCUT2D eigenvalue weighted by molar-refractivity contribution is -0.134. The van der Waals surface area contributed by atoms with Crippen LogP contribution in [-0.2, 0) is 11.2 Å². The maximum Gasteiger partial charge on any atom is 0.267 e. The zero-order valence-corrected chi connectivity index (χ0v) is 20.6. The van der Waals surface area contributed by atoms with Crippen molar-refractivity contribution in [1.29, 1.82) is 0 Å². The highest BCUT2D eigenvalue weighted by molar-refractivity contribution is 7.99. The van der Waals surface area contributed by atoms with Gasteiger partial charge in [-0.05, 0) is 69.4 Å². The lowest BCUT2D eigenvalue weighted by Crippen LogP contribution is -2.48. The van der Waals surface area contributed by atoms with Crippen LogP contribution in [0.4, 0.5) is 0 Å². The van der Waals surface area contributed by atoms with E-state index in [1.165, 1.54) is 17.3 Å². The van der Waals surface area contributed by atoms with E-state index in [-0.39, 0.29) is 29.3 Å². The number of hydrogen-bond acceptors (Lipinski definition) is 5. The molecule has 7 nitrogen and oxygen atoms in total. The molecule has 2 atom stereocenters. The molecule has 2 aromatic heterocycles. The molecule has 1 saturated heterocycles. The summed E-state index contributed by atoms with van der Waals surface area (Å²) >= 11 is 1.38. The molecule has 2 unspecified atom stereocenters. The van der Waals surface area contributed by atoms with E-state index < -0.39 is 0 Å². The number of hydrogen-bond donors (Lipinski definition) is 0. The van der Waals surface area contributed by atoms with Gasteiger partial charge in [-0.15, -0.1) is 10.2 Å². The average Bonchev–Trinajstić information content (AvgIpc) is 3.27. The van der Waals surface area contributed by atoms with Gasteiger partial charge in [0.2, 0.25) is 11.7 Å². The molecule has 176 valence electrons. The fourth-order valence-electron chi connectivity index (χ4n) is 5.00. The van der Waals surface area contributed by atoms with E-state index in [0.29, 0.717) is 16.3 Å². The van der Waals surface area contributed by atoms with E-state index >= 15 is 0 Å². The maximum absolute atomic E-state index is 13.5. The molecular formula is C26H29N5O2S. The number of likely N-dealkylation sites (tertiary alicyclic amines) is 1. The molecule has 0 N–H and O–H groups in total. The van der Waals surface area contributed by atoms with Crippen LogP contribution in [0.15, 0.2) is 58.5 Å². The van der Waals surface area contributed by atoms with Gasteiger partial charge in [0, 0.05) is 12.1 Å². The van der Waals surface area contributed by atoms with Crippen molar-refractivity contribution in [3.8, 4) is 5.69 Å². The number of carbonyl (C=O) groups excluding carboxylic acids is 1. The Labute approximate surface area is 202 Å². The third-order valence-corrected chi connectivity index (χ3v) is 7.72. The lowest BCUT2D eigenvalue weighted by Gasteiger charge is -2.39. The summed E-state index contributed by atoms with van der Waals surface area (Å²) in [4.78, 5) is 28.6. The molecule has 3 heterocycles. The third-order valence-electron chi connectivity index (χ3n) is 6.80. The highest BCUT2D eigenvalue weighted by Crippen LogP contribution is 2.27. The van der Waals surface area contributed by atoms with Gasteiger partial charge in [-0.1, -0.05) is 43.0 Å². The van der Waals surface area contributed by atoms with Crippen LogP contribution in [0.25, 0.3) is 22.4 Å². The van der Waals surface area contributed by atoms with Crippen molar-refractivity contribution in [3.05, 3.63) is 64.4 Å². The molecule has 2 aromatic carbocycles. The van der Waals surface area contributed by atoms with Crippen LogP contribution in [0.3, 0.4) is 0 Å². The molecule has 0 radical (unpaired) electrons. The highest BCUT2D eigenvalue weighted by atomic mass is 32.2. The van der Waals surface area contributed by atoms with Gasteiger partial charge in [0.05, 0.1) is 22.3 Å². The highest BCUT2D eigenvalue weighted by Gasteiger charge is 2.29. The molecular weight excluding hydrogens is 446 g/mol. The minimum Gasteiger partial charge on any atom is -0.337 e. The van der Waals surface area contributed by atoms with E-state index in [9.17, 15) is 9.59 Å². The molecule has 1 fully saturated rings. The van der Waals surface area contributed by atoms with Crippen LogP contribution < -0.4 is 5.56 Å². The maximum atomic E-state index is 13.5. The summed E-state index contributed by atoms with van der Waals surface area (Å²) < 4.78 is 3.50. The van der Waals surface area contributed by atoms with Crippen LogP contribution in [0.5, 0.6) is 0 Å². The van der Waals surface area contributed by atoms with Crippen molar-refractivity contribution in [1.82, 2.24) is 24.1 Å². The van der Waals surface area contributed by atoms with E-state index in [1.807, 2.05) is 57.8 Å². The molecule has 0 aliphatic carbocycles. The Morgan fingerprint density at radius 3 is 2.44 bits per heavy atom. The summed E-state index contributed by atoms with van der Waals surface area (Å²) in [5, 5.41) is 10.00. The quantitative estimate of drug-likeness (QED) is 0.398. The van der Waals surface area contributed by atoms with E-state index in [2.05, 4.69) is 31.0 Å². The molecule has 1 aliphatic rings. The Balaban J connectivity index is 1.57. The standard InChI is InChI=1S/C26H29N5O2S/c1-4-19-12-14-20(15-13-19)30-24(33)21-10-5-6-11-22(21)31-25(30)27-28-26(31)34-16-23(32)29-17(2)8-7-9-18(29)3/h5-6,10-15,17-18H,4,7-9,16H2,1-3H3. The smallest absolute Gasteiger partial charge is 0.267 e. The zero-order valence-electron chi connectivity index (χ0n) is 19.8. The summed E-state index contributed by atoms with van der Waals surface area (Å²) in [5.41, 5.74) is 2.55.